The number of imidazole rings is 1. The molecule has 3 rings (SSSR count). The molecule has 0 aliphatic carbocycles. The summed E-state index contributed by atoms with van der Waals surface area (Å²) in [6.07, 6.45) is 3.05. The maximum atomic E-state index is 13.2. The number of ketones is 1. The molecule has 0 aliphatic heterocycles. The van der Waals surface area contributed by atoms with Crippen molar-refractivity contribution in [2.24, 2.45) is 7.05 Å². The smallest absolute Gasteiger partial charge is 0.213 e. The molecule has 2 aromatic carbocycles. The number of sulfone groups is 1. The number of Topliss-reactive ketones (excluding diaryl/α,β-unsaturated/α-hetero) is 1. The highest BCUT2D eigenvalue weighted by atomic mass is 35.5. The van der Waals surface area contributed by atoms with E-state index in [4.69, 9.17) is 23.2 Å². The summed E-state index contributed by atoms with van der Waals surface area (Å²) in [5.74, 6) is -1.12. The van der Waals surface area contributed by atoms with E-state index in [9.17, 15) is 13.2 Å². The molecule has 0 saturated carbocycles. The normalized spacial score (nSPS) is 11.7. The van der Waals surface area contributed by atoms with Crippen LogP contribution < -0.4 is 0 Å². The Morgan fingerprint density at radius 3 is 1.89 bits per heavy atom. The van der Waals surface area contributed by atoms with Crippen LogP contribution in [0.15, 0.2) is 60.9 Å². The highest BCUT2D eigenvalue weighted by Crippen LogP contribution is 2.32. The van der Waals surface area contributed by atoms with Crippen molar-refractivity contribution >= 4 is 38.8 Å². The van der Waals surface area contributed by atoms with Crippen molar-refractivity contribution in [1.82, 2.24) is 9.55 Å². The van der Waals surface area contributed by atoms with Crippen LogP contribution in [0, 0.1) is 0 Å². The summed E-state index contributed by atoms with van der Waals surface area (Å²) in [6.45, 7) is 0. The van der Waals surface area contributed by atoms with Crippen molar-refractivity contribution in [3.8, 4) is 0 Å². The van der Waals surface area contributed by atoms with Crippen molar-refractivity contribution in [3.63, 3.8) is 0 Å². The molecule has 3 aromatic rings. The highest BCUT2D eigenvalue weighted by molar-refractivity contribution is 7.92. The van der Waals surface area contributed by atoms with E-state index in [0.717, 1.165) is 0 Å². The third-order valence-electron chi connectivity index (χ3n) is 4.11. The Balaban J connectivity index is 2.03. The van der Waals surface area contributed by atoms with Gasteiger partial charge in [-0.25, -0.2) is 13.4 Å². The van der Waals surface area contributed by atoms with E-state index in [0.29, 0.717) is 21.2 Å². The molecule has 0 radical (unpaired) electrons. The number of carbonyl (C=O) groups is 1. The Bertz CT molecular complexity index is 1010. The van der Waals surface area contributed by atoms with E-state index in [1.54, 1.807) is 61.8 Å². The second-order valence-corrected chi connectivity index (χ2v) is 9.03. The van der Waals surface area contributed by atoms with Crippen molar-refractivity contribution in [1.29, 1.82) is 0 Å². The molecule has 1 aromatic heterocycles. The number of hydrogen-bond acceptors (Lipinski definition) is 4. The lowest BCUT2D eigenvalue weighted by atomic mass is 10.0. The molecular formula is C19H16Cl2N2O3S. The molecule has 0 atom stereocenters. The van der Waals surface area contributed by atoms with Crippen LogP contribution in [0.1, 0.15) is 27.0 Å². The van der Waals surface area contributed by atoms with Crippen molar-refractivity contribution in [2.75, 3.05) is 5.75 Å². The lowest BCUT2D eigenvalue weighted by molar-refractivity contribution is 0.100. The summed E-state index contributed by atoms with van der Waals surface area (Å²) in [5, 5.41) is -0.0265. The van der Waals surface area contributed by atoms with Gasteiger partial charge in [0.15, 0.2) is 15.7 Å². The van der Waals surface area contributed by atoms with Crippen LogP contribution in [0.3, 0.4) is 0 Å². The number of nitrogens with zero attached hydrogens (tertiary/aromatic N) is 2. The number of hydrogen-bond donors (Lipinski definition) is 0. The van der Waals surface area contributed by atoms with E-state index in [-0.39, 0.29) is 5.82 Å². The van der Waals surface area contributed by atoms with Gasteiger partial charge >= 0.3 is 0 Å². The third-order valence-corrected chi connectivity index (χ3v) is 6.54. The highest BCUT2D eigenvalue weighted by Gasteiger charge is 2.32. The van der Waals surface area contributed by atoms with Crippen LogP contribution in [0.25, 0.3) is 0 Å². The molecule has 1 heterocycles. The maximum Gasteiger partial charge on any atom is 0.213 e. The number of halogens is 2. The summed E-state index contributed by atoms with van der Waals surface area (Å²) >= 11 is 11.9. The van der Waals surface area contributed by atoms with Gasteiger partial charge in [-0.3, -0.25) is 4.79 Å². The number of aryl methyl sites for hydroxylation is 1. The number of aromatic nitrogens is 2. The molecule has 5 nitrogen and oxygen atoms in total. The zero-order valence-corrected chi connectivity index (χ0v) is 16.7. The molecule has 0 aliphatic rings. The molecule has 0 N–H and O–H groups in total. The van der Waals surface area contributed by atoms with Gasteiger partial charge in [-0.05, 0) is 35.4 Å². The van der Waals surface area contributed by atoms with Crippen LogP contribution in [0.2, 0.25) is 10.0 Å². The zero-order valence-electron chi connectivity index (χ0n) is 14.3. The Morgan fingerprint density at radius 2 is 1.48 bits per heavy atom. The summed E-state index contributed by atoms with van der Waals surface area (Å²) in [6, 6.07) is 13.1. The maximum absolute atomic E-state index is 13.2. The fourth-order valence-corrected chi connectivity index (χ4v) is 4.90. The largest absolute Gasteiger partial charge is 0.332 e. The van der Waals surface area contributed by atoms with Gasteiger partial charge in [0.05, 0.1) is 0 Å². The van der Waals surface area contributed by atoms with E-state index in [1.807, 2.05) is 0 Å². The first kappa shape index (κ1) is 19.6. The first-order chi connectivity index (χ1) is 12.8. The molecule has 0 amide bonds. The van der Waals surface area contributed by atoms with Gasteiger partial charge in [0.2, 0.25) is 5.78 Å². The van der Waals surface area contributed by atoms with Gasteiger partial charge < -0.3 is 4.57 Å². The minimum absolute atomic E-state index is 0.101. The number of carbonyl (C=O) groups excluding carboxylic acids is 1. The van der Waals surface area contributed by atoms with Crippen LogP contribution in [0.5, 0.6) is 0 Å². The Morgan fingerprint density at radius 1 is 1.00 bits per heavy atom. The monoisotopic (exact) mass is 422 g/mol. The molecule has 0 spiro atoms. The molecule has 0 bridgehead atoms. The van der Waals surface area contributed by atoms with Crippen LogP contribution in [-0.4, -0.2) is 29.5 Å². The second-order valence-electron chi connectivity index (χ2n) is 6.08. The minimum atomic E-state index is -3.89. The molecule has 27 heavy (non-hydrogen) atoms. The first-order valence-electron chi connectivity index (χ1n) is 8.01. The van der Waals surface area contributed by atoms with E-state index in [2.05, 4.69) is 4.98 Å². The van der Waals surface area contributed by atoms with Crippen LogP contribution in [0.4, 0.5) is 0 Å². The predicted molar refractivity (Wildman–Crippen MR) is 106 cm³/mol. The van der Waals surface area contributed by atoms with Crippen molar-refractivity contribution in [2.45, 2.75) is 5.25 Å². The minimum Gasteiger partial charge on any atom is -0.332 e. The van der Waals surface area contributed by atoms with Gasteiger partial charge in [-0.15, -0.1) is 0 Å². The number of benzene rings is 2. The van der Waals surface area contributed by atoms with Gasteiger partial charge in [0.25, 0.3) is 0 Å². The Labute approximate surface area is 167 Å². The SMILES string of the molecule is Cn1ccnc1C(=O)CS(=O)(=O)C(c1ccc(Cl)cc1)c1ccc(Cl)cc1. The van der Waals surface area contributed by atoms with E-state index >= 15 is 0 Å². The standard InChI is InChI=1S/C19H16Cl2N2O3S/c1-23-11-10-22-19(23)17(24)12-27(25,26)18(13-2-6-15(20)7-3-13)14-4-8-16(21)9-5-14/h2-11,18H,12H2,1H3. The molecule has 8 heteroatoms. The van der Waals surface area contributed by atoms with Crippen LogP contribution >= 0.6 is 23.2 Å². The van der Waals surface area contributed by atoms with Crippen molar-refractivity contribution < 1.29 is 13.2 Å². The molecule has 0 saturated heterocycles. The lowest BCUT2D eigenvalue weighted by Gasteiger charge is -2.19. The molecule has 0 fully saturated rings. The fraction of sp³-hybridized carbons (Fsp3) is 0.158. The van der Waals surface area contributed by atoms with Gasteiger partial charge in [-0.1, -0.05) is 47.5 Å². The summed E-state index contributed by atoms with van der Waals surface area (Å²) in [7, 11) is -2.24. The zero-order chi connectivity index (χ0) is 19.6. The lowest BCUT2D eigenvalue weighted by Crippen LogP contribution is -2.25. The first-order valence-corrected chi connectivity index (χ1v) is 10.5. The topological polar surface area (TPSA) is 69.0 Å². The summed E-state index contributed by atoms with van der Waals surface area (Å²) in [5.41, 5.74) is 1.05. The van der Waals surface area contributed by atoms with Gasteiger partial charge in [-0.2, -0.15) is 0 Å². The molecule has 140 valence electrons. The Kier molecular flexibility index (Phi) is 5.69. The van der Waals surface area contributed by atoms with E-state index in [1.165, 1.54) is 10.8 Å². The quantitative estimate of drug-likeness (QED) is 0.560. The molecular weight excluding hydrogens is 407 g/mol. The number of rotatable bonds is 6. The average Bonchev–Trinajstić information content (AvgIpc) is 3.04. The fourth-order valence-electron chi connectivity index (χ4n) is 2.85. The predicted octanol–water partition coefficient (Wildman–Crippen LogP) is 4.11. The van der Waals surface area contributed by atoms with Crippen molar-refractivity contribution in [3.05, 3.63) is 87.9 Å². The molecule has 0 unspecified atom stereocenters. The van der Waals surface area contributed by atoms with Gasteiger partial charge in [0.1, 0.15) is 11.0 Å². The van der Waals surface area contributed by atoms with E-state index < -0.39 is 26.6 Å². The van der Waals surface area contributed by atoms with Crippen LogP contribution in [-0.2, 0) is 16.9 Å². The third kappa shape index (κ3) is 4.40. The van der Waals surface area contributed by atoms with Gasteiger partial charge in [0, 0.05) is 29.5 Å². The summed E-state index contributed by atoms with van der Waals surface area (Å²) < 4.78 is 27.9. The second kappa shape index (κ2) is 7.84. The Hall–Kier alpha value is -2.15. The summed E-state index contributed by atoms with van der Waals surface area (Å²) in [4.78, 5) is 16.5. The average molecular weight is 423 g/mol.